The Morgan fingerprint density at radius 1 is 1.06 bits per heavy atom. The Morgan fingerprint density at radius 3 is 2.59 bits per heavy atom. The van der Waals surface area contributed by atoms with Crippen molar-refractivity contribution in [2.75, 3.05) is 5.32 Å². The smallest absolute Gasteiger partial charge is 0.282 e. The molecule has 3 aromatic rings. The van der Waals surface area contributed by atoms with Crippen LogP contribution in [0, 0.1) is 16.0 Å². The molecule has 1 heterocycles. The van der Waals surface area contributed by atoms with Crippen molar-refractivity contribution < 1.29 is 4.92 Å². The number of nitro benzene ring substituents is 1. The van der Waals surface area contributed by atoms with Gasteiger partial charge in [0.25, 0.3) is 5.69 Å². The fourth-order valence-electron chi connectivity index (χ4n) is 4.99. The highest BCUT2D eigenvalue weighted by atomic mass is 79.9. The Kier molecular flexibility index (Phi) is 6.14. The number of para-hydroxylation sites is 1. The van der Waals surface area contributed by atoms with Crippen molar-refractivity contribution in [1.29, 1.82) is 0 Å². The molecule has 0 aromatic heterocycles. The van der Waals surface area contributed by atoms with E-state index in [2.05, 4.69) is 33.4 Å². The van der Waals surface area contributed by atoms with Gasteiger partial charge in [0.05, 0.1) is 21.2 Å². The molecule has 1 aliphatic heterocycles. The Bertz CT molecular complexity index is 1190. The molecule has 0 radical (unpaired) electrons. The lowest BCUT2D eigenvalue weighted by Gasteiger charge is -2.38. The summed E-state index contributed by atoms with van der Waals surface area (Å²) < 4.78 is 1.05. The molecule has 0 spiro atoms. The van der Waals surface area contributed by atoms with E-state index in [-0.39, 0.29) is 39.1 Å². The minimum atomic E-state index is -0.325. The Morgan fingerprint density at radius 2 is 1.81 bits per heavy atom. The Balaban J connectivity index is 1.55. The zero-order chi connectivity index (χ0) is 22.4. The number of halogens is 3. The van der Waals surface area contributed by atoms with Crippen LogP contribution in [0.2, 0.25) is 5.02 Å². The lowest BCUT2D eigenvalue weighted by atomic mass is 9.77. The SMILES string of the molecule is O=[N+]([O-])c1ccccc1S[C@@H]1C[C@H]2[C@H](c3cc(Cl)ccc3N[C@H]2c2ccccc2Br)[C@H]1Cl. The third-order valence-electron chi connectivity index (χ3n) is 6.36. The molecule has 1 saturated carbocycles. The highest BCUT2D eigenvalue weighted by molar-refractivity contribution is 9.10. The lowest BCUT2D eigenvalue weighted by molar-refractivity contribution is -0.387. The van der Waals surface area contributed by atoms with Crippen LogP contribution in [-0.4, -0.2) is 15.6 Å². The van der Waals surface area contributed by atoms with Crippen LogP contribution < -0.4 is 5.32 Å². The van der Waals surface area contributed by atoms with E-state index in [9.17, 15) is 10.1 Å². The number of alkyl halides is 1. The van der Waals surface area contributed by atoms with Crippen molar-refractivity contribution in [3.8, 4) is 0 Å². The van der Waals surface area contributed by atoms with Gasteiger partial charge in [0, 0.05) is 32.4 Å². The summed E-state index contributed by atoms with van der Waals surface area (Å²) >= 11 is 18.7. The normalized spacial score (nSPS) is 26.2. The summed E-state index contributed by atoms with van der Waals surface area (Å²) in [6, 6.07) is 21.1. The fraction of sp³-hybridized carbons (Fsp3) is 0.250. The molecule has 5 atom stereocenters. The van der Waals surface area contributed by atoms with Crippen molar-refractivity contribution in [2.45, 2.75) is 33.9 Å². The molecule has 1 N–H and O–H groups in total. The van der Waals surface area contributed by atoms with E-state index >= 15 is 0 Å². The first-order valence-electron chi connectivity index (χ1n) is 10.3. The second-order valence-electron chi connectivity index (χ2n) is 8.13. The van der Waals surface area contributed by atoms with E-state index in [1.165, 1.54) is 17.3 Å². The van der Waals surface area contributed by atoms with Crippen LogP contribution in [0.15, 0.2) is 76.1 Å². The predicted molar refractivity (Wildman–Crippen MR) is 135 cm³/mol. The first kappa shape index (κ1) is 22.1. The van der Waals surface area contributed by atoms with Crippen molar-refractivity contribution in [2.24, 2.45) is 5.92 Å². The van der Waals surface area contributed by atoms with Crippen LogP contribution in [0.1, 0.15) is 29.5 Å². The van der Waals surface area contributed by atoms with Gasteiger partial charge >= 0.3 is 0 Å². The van der Waals surface area contributed by atoms with Crippen LogP contribution in [0.3, 0.4) is 0 Å². The summed E-state index contributed by atoms with van der Waals surface area (Å²) in [4.78, 5) is 11.9. The van der Waals surface area contributed by atoms with Crippen molar-refractivity contribution >= 4 is 62.3 Å². The molecule has 1 aliphatic carbocycles. The maximum atomic E-state index is 11.5. The van der Waals surface area contributed by atoms with E-state index in [0.717, 1.165) is 22.1 Å². The number of anilines is 1. The van der Waals surface area contributed by atoms with Crippen LogP contribution in [0.25, 0.3) is 0 Å². The minimum absolute atomic E-state index is 0.0319. The molecule has 3 aromatic carbocycles. The molecule has 0 bridgehead atoms. The van der Waals surface area contributed by atoms with Gasteiger partial charge in [-0.1, -0.05) is 57.9 Å². The molecule has 0 saturated heterocycles. The summed E-state index contributed by atoms with van der Waals surface area (Å²) in [5, 5.41) is 15.8. The molecule has 32 heavy (non-hydrogen) atoms. The van der Waals surface area contributed by atoms with Gasteiger partial charge in [0.1, 0.15) is 0 Å². The zero-order valence-corrected chi connectivity index (χ0v) is 20.7. The molecule has 0 amide bonds. The Labute approximate surface area is 209 Å². The highest BCUT2D eigenvalue weighted by Gasteiger charge is 2.50. The average Bonchev–Trinajstić information content (AvgIpc) is 3.10. The molecular weight excluding hydrogens is 531 g/mol. The monoisotopic (exact) mass is 548 g/mol. The summed E-state index contributed by atoms with van der Waals surface area (Å²) in [6.45, 7) is 0. The number of nitrogens with zero attached hydrogens (tertiary/aromatic N) is 1. The Hall–Kier alpha value is -1.73. The largest absolute Gasteiger partial charge is 0.378 e. The van der Waals surface area contributed by atoms with Gasteiger partial charge in [-0.2, -0.15) is 0 Å². The standard InChI is InChI=1S/C24H19BrCl2N2O2S/c25-17-6-2-1-5-14(17)24-16-12-21(32-20-8-4-3-7-19(20)29(30)31)23(27)22(16)15-11-13(26)9-10-18(15)28-24/h1-11,16,21-24,28H,12H2/t16-,21+,22-,23-,24-/m0/s1. The molecule has 2 aliphatic rings. The zero-order valence-electron chi connectivity index (χ0n) is 16.8. The molecule has 164 valence electrons. The topological polar surface area (TPSA) is 55.2 Å². The maximum absolute atomic E-state index is 11.5. The number of thioether (sulfide) groups is 1. The number of hydrogen-bond donors (Lipinski definition) is 1. The molecule has 1 fully saturated rings. The number of hydrogen-bond acceptors (Lipinski definition) is 4. The second-order valence-corrected chi connectivity index (χ2v) is 11.2. The number of rotatable bonds is 4. The van der Waals surface area contributed by atoms with Crippen LogP contribution in [-0.2, 0) is 0 Å². The van der Waals surface area contributed by atoms with Gasteiger partial charge in [-0.15, -0.1) is 23.4 Å². The predicted octanol–water partition coefficient (Wildman–Crippen LogP) is 8.05. The minimum Gasteiger partial charge on any atom is -0.378 e. The lowest BCUT2D eigenvalue weighted by Crippen LogP contribution is -2.31. The van der Waals surface area contributed by atoms with E-state index in [0.29, 0.717) is 9.92 Å². The highest BCUT2D eigenvalue weighted by Crippen LogP contribution is 2.58. The van der Waals surface area contributed by atoms with Crippen molar-refractivity contribution in [1.82, 2.24) is 0 Å². The number of fused-ring (bicyclic) bond motifs is 3. The van der Waals surface area contributed by atoms with E-state index in [1.807, 2.05) is 42.5 Å². The van der Waals surface area contributed by atoms with Crippen molar-refractivity contribution in [3.05, 3.63) is 97.5 Å². The summed E-state index contributed by atoms with van der Waals surface area (Å²) in [7, 11) is 0. The molecular formula is C24H19BrCl2N2O2S. The van der Waals surface area contributed by atoms with Crippen LogP contribution >= 0.6 is 50.9 Å². The van der Waals surface area contributed by atoms with Gasteiger partial charge in [0.2, 0.25) is 0 Å². The third kappa shape index (κ3) is 3.92. The third-order valence-corrected chi connectivity index (χ3v) is 9.43. The maximum Gasteiger partial charge on any atom is 0.282 e. The first-order chi connectivity index (χ1) is 15.4. The van der Waals surface area contributed by atoms with Crippen LogP contribution in [0.5, 0.6) is 0 Å². The second kappa shape index (κ2) is 8.90. The number of nitro groups is 1. The van der Waals surface area contributed by atoms with Gasteiger partial charge in [0.15, 0.2) is 0 Å². The average molecular weight is 550 g/mol. The molecule has 0 unspecified atom stereocenters. The van der Waals surface area contributed by atoms with Crippen LogP contribution in [0.4, 0.5) is 11.4 Å². The van der Waals surface area contributed by atoms with E-state index in [1.54, 1.807) is 12.1 Å². The van der Waals surface area contributed by atoms with E-state index < -0.39 is 0 Å². The summed E-state index contributed by atoms with van der Waals surface area (Å²) in [6.07, 6.45) is 0.834. The van der Waals surface area contributed by atoms with Gasteiger partial charge in [-0.25, -0.2) is 0 Å². The fourth-order valence-corrected chi connectivity index (χ4v) is 7.65. The molecule has 5 rings (SSSR count). The number of nitrogens with one attached hydrogen (secondary N) is 1. The molecule has 4 nitrogen and oxygen atoms in total. The van der Waals surface area contributed by atoms with Gasteiger partial charge < -0.3 is 5.32 Å². The first-order valence-corrected chi connectivity index (χ1v) is 12.8. The quantitative estimate of drug-likeness (QED) is 0.203. The number of benzene rings is 3. The van der Waals surface area contributed by atoms with E-state index in [4.69, 9.17) is 23.2 Å². The molecule has 8 heteroatoms. The van der Waals surface area contributed by atoms with Gasteiger partial charge in [-0.05, 0) is 53.8 Å². The van der Waals surface area contributed by atoms with Crippen molar-refractivity contribution in [3.63, 3.8) is 0 Å². The van der Waals surface area contributed by atoms with Gasteiger partial charge in [-0.3, -0.25) is 10.1 Å². The summed E-state index contributed by atoms with van der Waals surface area (Å²) in [5.74, 6) is 0.312. The summed E-state index contributed by atoms with van der Waals surface area (Å²) in [5.41, 5.74) is 3.47.